The predicted octanol–water partition coefficient (Wildman–Crippen LogP) is 2.68. The van der Waals surface area contributed by atoms with Gasteiger partial charge in [-0.3, -0.25) is 4.79 Å². The number of nitrogens with two attached hydrogens (primary N) is 1. The molecular weight excluding hydrogens is 338 g/mol. The molecule has 2 heterocycles. The van der Waals surface area contributed by atoms with Crippen LogP contribution >= 0.6 is 0 Å². The van der Waals surface area contributed by atoms with Crippen LogP contribution in [0.1, 0.15) is 42.6 Å². The molecular formula is C21H27N5O. The highest BCUT2D eigenvalue weighted by Crippen LogP contribution is 2.25. The number of aryl methyl sites for hydroxylation is 2. The second-order valence-corrected chi connectivity index (χ2v) is 7.61. The van der Waals surface area contributed by atoms with Crippen molar-refractivity contribution in [1.29, 1.82) is 0 Å². The van der Waals surface area contributed by atoms with Crippen LogP contribution in [0, 0.1) is 19.8 Å². The molecule has 2 unspecified atom stereocenters. The Hall–Kier alpha value is -2.47. The van der Waals surface area contributed by atoms with Crippen LogP contribution in [0.3, 0.4) is 0 Å². The molecule has 3 aromatic rings. The first-order chi connectivity index (χ1) is 13.1. The Kier molecular flexibility index (Phi) is 4.83. The van der Waals surface area contributed by atoms with Crippen LogP contribution in [0.5, 0.6) is 0 Å². The van der Waals surface area contributed by atoms with Crippen molar-refractivity contribution >= 4 is 22.5 Å². The lowest BCUT2D eigenvalue weighted by atomic mass is 10.0. The highest BCUT2D eigenvalue weighted by Gasteiger charge is 2.27. The van der Waals surface area contributed by atoms with Crippen LogP contribution in [0.15, 0.2) is 24.3 Å². The summed E-state index contributed by atoms with van der Waals surface area (Å²) in [7, 11) is 0. The number of hydrogen-bond acceptors (Lipinski definition) is 4. The largest absolute Gasteiger partial charge is 0.353 e. The fourth-order valence-electron chi connectivity index (χ4n) is 4.36. The molecule has 0 bridgehead atoms. The number of nitrogens with one attached hydrogen (secondary N) is 1. The number of rotatable bonds is 5. The van der Waals surface area contributed by atoms with Gasteiger partial charge in [-0.25, -0.2) is 9.50 Å². The maximum Gasteiger partial charge on any atom is 0.220 e. The molecule has 1 fully saturated rings. The zero-order chi connectivity index (χ0) is 19.0. The van der Waals surface area contributed by atoms with Crippen molar-refractivity contribution < 1.29 is 4.79 Å². The van der Waals surface area contributed by atoms with Gasteiger partial charge in [0.15, 0.2) is 5.65 Å². The first-order valence-electron chi connectivity index (χ1n) is 9.81. The number of carbonyl (C=O) groups excluding carboxylic acids is 1. The average molecular weight is 365 g/mol. The van der Waals surface area contributed by atoms with E-state index in [1.807, 2.05) is 35.7 Å². The maximum absolute atomic E-state index is 12.5. The molecule has 3 N–H and O–H groups in total. The molecule has 1 aliphatic carbocycles. The number of fused-ring (bicyclic) bond motifs is 3. The number of carbonyl (C=O) groups is 1. The molecule has 0 saturated heterocycles. The second kappa shape index (κ2) is 7.27. The fourth-order valence-corrected chi connectivity index (χ4v) is 4.36. The molecule has 1 saturated carbocycles. The summed E-state index contributed by atoms with van der Waals surface area (Å²) in [5, 5.41) is 8.93. The van der Waals surface area contributed by atoms with Crippen molar-refractivity contribution in [3.8, 4) is 0 Å². The van der Waals surface area contributed by atoms with Gasteiger partial charge in [0, 0.05) is 29.2 Å². The molecule has 27 heavy (non-hydrogen) atoms. The van der Waals surface area contributed by atoms with Crippen LogP contribution in [-0.4, -0.2) is 33.1 Å². The van der Waals surface area contributed by atoms with Crippen molar-refractivity contribution in [3.63, 3.8) is 0 Å². The Bertz CT molecular complexity index is 993. The lowest BCUT2D eigenvalue weighted by molar-refractivity contribution is -0.122. The van der Waals surface area contributed by atoms with Gasteiger partial charge in [0.25, 0.3) is 0 Å². The van der Waals surface area contributed by atoms with Gasteiger partial charge in [0.1, 0.15) is 0 Å². The van der Waals surface area contributed by atoms with Gasteiger partial charge >= 0.3 is 0 Å². The van der Waals surface area contributed by atoms with Gasteiger partial charge in [-0.15, -0.1) is 0 Å². The smallest absolute Gasteiger partial charge is 0.220 e. The normalized spacial score (nSPS) is 19.8. The summed E-state index contributed by atoms with van der Waals surface area (Å²) < 4.78 is 1.91. The summed E-state index contributed by atoms with van der Waals surface area (Å²) in [6.07, 6.45) is 4.44. The van der Waals surface area contributed by atoms with E-state index in [4.69, 9.17) is 10.7 Å². The highest BCUT2D eigenvalue weighted by atomic mass is 16.1. The van der Waals surface area contributed by atoms with E-state index in [0.29, 0.717) is 25.3 Å². The van der Waals surface area contributed by atoms with E-state index in [1.54, 1.807) is 0 Å². The summed E-state index contributed by atoms with van der Waals surface area (Å²) in [4.78, 5) is 17.2. The fraction of sp³-hybridized carbons (Fsp3) is 0.476. The molecule has 2 atom stereocenters. The molecule has 2 aromatic heterocycles. The number of benzene rings is 1. The lowest BCUT2D eigenvalue weighted by Gasteiger charge is -2.19. The van der Waals surface area contributed by atoms with E-state index < -0.39 is 0 Å². The van der Waals surface area contributed by atoms with E-state index in [0.717, 1.165) is 52.8 Å². The first kappa shape index (κ1) is 17.9. The van der Waals surface area contributed by atoms with Crippen molar-refractivity contribution in [1.82, 2.24) is 19.9 Å². The lowest BCUT2D eigenvalue weighted by Crippen LogP contribution is -2.40. The highest BCUT2D eigenvalue weighted by molar-refractivity contribution is 5.92. The summed E-state index contributed by atoms with van der Waals surface area (Å²) in [6.45, 7) is 4.72. The first-order valence-corrected chi connectivity index (χ1v) is 9.81. The molecule has 6 nitrogen and oxygen atoms in total. The average Bonchev–Trinajstić information content (AvgIpc) is 3.26. The van der Waals surface area contributed by atoms with Gasteiger partial charge in [-0.2, -0.15) is 5.10 Å². The van der Waals surface area contributed by atoms with E-state index in [1.165, 1.54) is 0 Å². The molecule has 6 heteroatoms. The van der Waals surface area contributed by atoms with E-state index in [2.05, 4.69) is 17.3 Å². The minimum absolute atomic E-state index is 0.102. The SMILES string of the molecule is Cc1nc2c3ccccc3nn2c(C)c1CCC(=O)NC1CCCC1CN. The summed E-state index contributed by atoms with van der Waals surface area (Å²) >= 11 is 0. The Morgan fingerprint density at radius 2 is 2.11 bits per heavy atom. The van der Waals surface area contributed by atoms with Crippen molar-refractivity contribution in [3.05, 3.63) is 41.2 Å². The van der Waals surface area contributed by atoms with Crippen molar-refractivity contribution in [2.24, 2.45) is 11.7 Å². The van der Waals surface area contributed by atoms with E-state index >= 15 is 0 Å². The van der Waals surface area contributed by atoms with Crippen LogP contribution in [0.2, 0.25) is 0 Å². The standard InChI is InChI=1S/C21H27N5O/c1-13-16(10-11-20(27)24-18-9-5-6-15(18)12-22)14(2)26-21(23-13)17-7-3-4-8-19(17)25-26/h3-4,7-8,15,18H,5-6,9-12,22H2,1-2H3,(H,24,27). The Labute approximate surface area is 159 Å². The van der Waals surface area contributed by atoms with Crippen molar-refractivity contribution in [2.45, 2.75) is 52.0 Å². The molecule has 0 radical (unpaired) electrons. The van der Waals surface area contributed by atoms with E-state index in [-0.39, 0.29) is 11.9 Å². The summed E-state index contributed by atoms with van der Waals surface area (Å²) in [5.41, 5.74) is 10.8. The zero-order valence-corrected chi connectivity index (χ0v) is 16.0. The number of hydrogen-bond donors (Lipinski definition) is 2. The number of nitrogens with zero attached hydrogens (tertiary/aromatic N) is 3. The Balaban J connectivity index is 1.53. The molecule has 1 amide bonds. The minimum Gasteiger partial charge on any atom is -0.353 e. The molecule has 0 aliphatic heterocycles. The van der Waals surface area contributed by atoms with Gasteiger partial charge in [0.05, 0.1) is 5.52 Å². The third-order valence-corrected chi connectivity index (χ3v) is 5.93. The van der Waals surface area contributed by atoms with Crippen LogP contribution in [0.25, 0.3) is 16.6 Å². The minimum atomic E-state index is 0.102. The zero-order valence-electron chi connectivity index (χ0n) is 16.0. The third-order valence-electron chi connectivity index (χ3n) is 5.93. The summed E-state index contributed by atoms with van der Waals surface area (Å²) in [6, 6.07) is 8.28. The summed E-state index contributed by atoms with van der Waals surface area (Å²) in [5.74, 6) is 0.525. The Morgan fingerprint density at radius 3 is 2.93 bits per heavy atom. The Morgan fingerprint density at radius 1 is 1.30 bits per heavy atom. The number of aromatic nitrogens is 3. The van der Waals surface area contributed by atoms with Crippen LogP contribution < -0.4 is 11.1 Å². The van der Waals surface area contributed by atoms with E-state index in [9.17, 15) is 4.79 Å². The van der Waals surface area contributed by atoms with Crippen LogP contribution in [0.4, 0.5) is 0 Å². The predicted molar refractivity (Wildman–Crippen MR) is 107 cm³/mol. The monoisotopic (exact) mass is 365 g/mol. The second-order valence-electron chi connectivity index (χ2n) is 7.61. The van der Waals surface area contributed by atoms with Gasteiger partial charge in [-0.05, 0) is 63.3 Å². The quantitative estimate of drug-likeness (QED) is 0.728. The topological polar surface area (TPSA) is 85.3 Å². The molecule has 142 valence electrons. The van der Waals surface area contributed by atoms with Gasteiger partial charge in [-0.1, -0.05) is 18.6 Å². The number of amides is 1. The molecule has 0 spiro atoms. The molecule has 4 rings (SSSR count). The van der Waals surface area contributed by atoms with Gasteiger partial charge < -0.3 is 11.1 Å². The molecule has 1 aliphatic rings. The van der Waals surface area contributed by atoms with Crippen LogP contribution in [-0.2, 0) is 11.2 Å². The maximum atomic E-state index is 12.5. The third kappa shape index (κ3) is 3.30. The van der Waals surface area contributed by atoms with Gasteiger partial charge in [0.2, 0.25) is 5.91 Å². The van der Waals surface area contributed by atoms with Crippen molar-refractivity contribution in [2.75, 3.05) is 6.54 Å². The molecule has 1 aromatic carbocycles.